The Morgan fingerprint density at radius 3 is 2.09 bits per heavy atom. The number of phenols is 1. The lowest BCUT2D eigenvalue weighted by Gasteiger charge is -2.30. The van der Waals surface area contributed by atoms with Gasteiger partial charge in [-0.15, -0.1) is 0 Å². The zero-order valence-electron chi connectivity index (χ0n) is 29.0. The lowest BCUT2D eigenvalue weighted by molar-refractivity contribution is -0.142. The Kier molecular flexibility index (Phi) is 11.7. The maximum atomic E-state index is 13.2. The van der Waals surface area contributed by atoms with E-state index in [9.17, 15) is 24.6 Å². The molecule has 0 saturated heterocycles. The average Bonchev–Trinajstić information content (AvgIpc) is 3.02. The summed E-state index contributed by atoms with van der Waals surface area (Å²) < 4.78 is 6.26. The van der Waals surface area contributed by atoms with Gasteiger partial charge in [0.15, 0.2) is 11.9 Å². The molecule has 3 aromatic rings. The minimum atomic E-state index is -1.88. The van der Waals surface area contributed by atoms with Crippen molar-refractivity contribution >= 4 is 34.1 Å². The van der Waals surface area contributed by atoms with Crippen LogP contribution in [-0.2, 0) is 20.4 Å². The number of hydrogen-bond acceptors (Lipinski definition) is 6. The van der Waals surface area contributed by atoms with E-state index in [2.05, 4.69) is 70.4 Å². The first-order chi connectivity index (χ1) is 21.4. The van der Waals surface area contributed by atoms with Crippen LogP contribution < -0.4 is 15.4 Å². The van der Waals surface area contributed by atoms with Crippen molar-refractivity contribution in [1.82, 2.24) is 5.32 Å². The summed E-state index contributed by atoms with van der Waals surface area (Å²) in [6.07, 6.45) is 1.50. The number of ketones is 1. The van der Waals surface area contributed by atoms with Gasteiger partial charge in [-0.1, -0.05) is 98.7 Å². The summed E-state index contributed by atoms with van der Waals surface area (Å²) in [7, 11) is 0. The third-order valence-corrected chi connectivity index (χ3v) is 9.13. The Bertz CT molecular complexity index is 1570. The predicted molar refractivity (Wildman–Crippen MR) is 185 cm³/mol. The first-order valence-electron chi connectivity index (χ1n) is 16.3. The van der Waals surface area contributed by atoms with Crippen LogP contribution in [0.5, 0.6) is 11.5 Å². The van der Waals surface area contributed by atoms with E-state index in [4.69, 9.17) is 4.74 Å². The first kappa shape index (κ1) is 36.6. The molecule has 4 N–H and O–H groups in total. The van der Waals surface area contributed by atoms with Gasteiger partial charge in [0.1, 0.15) is 11.5 Å². The third-order valence-electron chi connectivity index (χ3n) is 9.13. The van der Waals surface area contributed by atoms with Crippen molar-refractivity contribution in [3.05, 3.63) is 65.2 Å². The minimum absolute atomic E-state index is 0.0246. The summed E-state index contributed by atoms with van der Waals surface area (Å²) in [5, 5.41) is 27.6. The number of anilines is 1. The molecule has 0 aliphatic rings. The van der Waals surface area contributed by atoms with Crippen molar-refractivity contribution < 1.29 is 29.3 Å². The number of ether oxygens (including phenoxy) is 1. The van der Waals surface area contributed by atoms with E-state index in [1.54, 1.807) is 45.0 Å². The van der Waals surface area contributed by atoms with Crippen molar-refractivity contribution in [3.8, 4) is 11.5 Å². The van der Waals surface area contributed by atoms with Crippen LogP contribution >= 0.6 is 0 Å². The van der Waals surface area contributed by atoms with E-state index in [0.29, 0.717) is 36.8 Å². The van der Waals surface area contributed by atoms with E-state index in [-0.39, 0.29) is 27.8 Å². The summed E-state index contributed by atoms with van der Waals surface area (Å²) in [4.78, 5) is 38.5. The van der Waals surface area contributed by atoms with Gasteiger partial charge < -0.3 is 25.6 Å². The van der Waals surface area contributed by atoms with Gasteiger partial charge in [-0.25, -0.2) is 0 Å². The molecule has 0 fully saturated rings. The second kappa shape index (κ2) is 14.7. The number of unbranched alkanes of at least 4 members (excludes halogenated alkanes) is 1. The number of carbonyl (C=O) groups is 3. The van der Waals surface area contributed by atoms with Crippen LogP contribution in [0.25, 0.3) is 10.8 Å². The zero-order chi connectivity index (χ0) is 34.4. The quantitative estimate of drug-likeness (QED) is 0.0833. The number of rotatable bonds is 14. The van der Waals surface area contributed by atoms with E-state index in [1.807, 2.05) is 0 Å². The number of phenolic OH excluding ortho intramolecular Hbond substituents is 1. The highest BCUT2D eigenvalue weighted by Crippen LogP contribution is 2.39. The maximum Gasteiger partial charge on any atom is 0.261 e. The number of benzene rings is 3. The molecule has 2 amide bonds. The number of carbonyl (C=O) groups excluding carboxylic acids is 3. The Morgan fingerprint density at radius 1 is 0.848 bits per heavy atom. The Balaban J connectivity index is 1.67. The van der Waals surface area contributed by atoms with Crippen LogP contribution in [0.3, 0.4) is 0 Å². The third kappa shape index (κ3) is 8.46. The maximum absolute atomic E-state index is 13.2. The molecule has 0 radical (unpaired) electrons. The zero-order valence-corrected chi connectivity index (χ0v) is 29.0. The molecule has 3 rings (SSSR count). The highest BCUT2D eigenvalue weighted by atomic mass is 16.5. The molecule has 0 aliphatic carbocycles. The lowest BCUT2D eigenvalue weighted by Crippen LogP contribution is -2.41. The van der Waals surface area contributed by atoms with Crippen molar-refractivity contribution in [3.63, 3.8) is 0 Å². The van der Waals surface area contributed by atoms with Gasteiger partial charge in [0.05, 0.1) is 12.2 Å². The summed E-state index contributed by atoms with van der Waals surface area (Å²) in [5.74, 6) is -1.38. The van der Waals surface area contributed by atoms with Crippen molar-refractivity contribution in [2.75, 3.05) is 18.5 Å². The largest absolute Gasteiger partial charge is 0.506 e. The number of fused-ring (bicyclic) bond motifs is 1. The molecule has 8 heteroatoms. The van der Waals surface area contributed by atoms with E-state index >= 15 is 0 Å². The fourth-order valence-corrected chi connectivity index (χ4v) is 5.07. The summed E-state index contributed by atoms with van der Waals surface area (Å²) in [6, 6.07) is 14.6. The van der Waals surface area contributed by atoms with Gasteiger partial charge in [0.2, 0.25) is 0 Å². The number of amides is 2. The molecule has 0 heterocycles. The molecule has 46 heavy (non-hydrogen) atoms. The normalized spacial score (nSPS) is 12.9. The standard InChI is InChI=1S/C38H52N2O6/c1-10-37(6,7)24-18-19-30(28(22-24)38(8,9)11-2)46-21-15-14-20-39-34(44)27-23-29(25-16-12-13-17-26(25)31(27)41)40-35(45)32(42)33(43)36(3,4)5/h12-13,16-19,22-23,32,41-42H,10-11,14-15,20-21H2,1-9H3,(H,39,44)(H,40,45). The smallest absolute Gasteiger partial charge is 0.261 e. The molecule has 0 bridgehead atoms. The van der Waals surface area contributed by atoms with Crippen LogP contribution in [0.2, 0.25) is 0 Å². The van der Waals surface area contributed by atoms with Gasteiger partial charge >= 0.3 is 0 Å². The van der Waals surface area contributed by atoms with Gasteiger partial charge in [0, 0.05) is 34.0 Å². The topological polar surface area (TPSA) is 125 Å². The van der Waals surface area contributed by atoms with Crippen LogP contribution in [0.1, 0.15) is 109 Å². The van der Waals surface area contributed by atoms with Crippen LogP contribution in [-0.4, -0.2) is 47.1 Å². The highest BCUT2D eigenvalue weighted by Gasteiger charge is 2.33. The minimum Gasteiger partial charge on any atom is -0.506 e. The molecule has 250 valence electrons. The number of hydrogen-bond donors (Lipinski definition) is 4. The molecule has 0 spiro atoms. The van der Waals surface area contributed by atoms with Gasteiger partial charge in [-0.2, -0.15) is 0 Å². The molecule has 0 aliphatic heterocycles. The monoisotopic (exact) mass is 632 g/mol. The van der Waals surface area contributed by atoms with Crippen LogP contribution in [0, 0.1) is 5.41 Å². The highest BCUT2D eigenvalue weighted by molar-refractivity contribution is 6.15. The molecular formula is C38H52N2O6. The predicted octanol–water partition coefficient (Wildman–Crippen LogP) is 7.42. The number of aliphatic hydroxyl groups is 1. The Hall–Kier alpha value is -3.91. The van der Waals surface area contributed by atoms with Gasteiger partial charge in [-0.3, -0.25) is 14.4 Å². The van der Waals surface area contributed by atoms with E-state index in [1.165, 1.54) is 17.2 Å². The summed E-state index contributed by atoms with van der Waals surface area (Å²) >= 11 is 0. The first-order valence-corrected chi connectivity index (χ1v) is 16.3. The SMILES string of the molecule is CCC(C)(C)c1ccc(OCCCCNC(=O)c2cc(NC(=O)C(O)C(=O)C(C)(C)C)c3ccccc3c2O)c(C(C)(C)CC)c1. The van der Waals surface area contributed by atoms with E-state index in [0.717, 1.165) is 18.6 Å². The summed E-state index contributed by atoms with van der Waals surface area (Å²) in [6.45, 7) is 19.1. The van der Waals surface area contributed by atoms with Crippen LogP contribution in [0.15, 0.2) is 48.5 Å². The average molecular weight is 633 g/mol. The fourth-order valence-electron chi connectivity index (χ4n) is 5.07. The summed E-state index contributed by atoms with van der Waals surface area (Å²) in [5.41, 5.74) is 1.80. The number of Topliss-reactive ketones (excluding diaryl/α,β-unsaturated/α-hetero) is 1. The molecule has 1 atom stereocenters. The van der Waals surface area contributed by atoms with Crippen molar-refractivity contribution in [2.24, 2.45) is 5.41 Å². The second-order valence-electron chi connectivity index (χ2n) is 14.4. The van der Waals surface area contributed by atoms with Crippen molar-refractivity contribution in [1.29, 1.82) is 0 Å². The number of aromatic hydroxyl groups is 1. The van der Waals surface area contributed by atoms with Crippen molar-refractivity contribution in [2.45, 2.75) is 105 Å². The molecule has 8 nitrogen and oxygen atoms in total. The Labute approximate surface area is 273 Å². The Morgan fingerprint density at radius 2 is 1.48 bits per heavy atom. The molecule has 3 aromatic carbocycles. The molecular weight excluding hydrogens is 580 g/mol. The molecule has 0 aromatic heterocycles. The van der Waals surface area contributed by atoms with Gasteiger partial charge in [-0.05, 0) is 54.2 Å². The fraction of sp³-hybridized carbons (Fsp3) is 0.500. The second-order valence-corrected chi connectivity index (χ2v) is 14.4. The molecule has 0 saturated carbocycles. The molecule has 1 unspecified atom stereocenters. The van der Waals surface area contributed by atoms with Crippen LogP contribution in [0.4, 0.5) is 5.69 Å². The van der Waals surface area contributed by atoms with Gasteiger partial charge in [0.25, 0.3) is 11.8 Å². The van der Waals surface area contributed by atoms with E-state index < -0.39 is 29.1 Å². The number of aliphatic hydroxyl groups excluding tert-OH is 1. The number of nitrogens with one attached hydrogen (secondary N) is 2. The lowest BCUT2D eigenvalue weighted by atomic mass is 9.76.